The molecule has 2 aliphatic rings. The molecular weight excluding hydrogens is 400 g/mol. The van der Waals surface area contributed by atoms with E-state index in [1.54, 1.807) is 18.0 Å². The number of carbonyl (C=O) groups is 2. The molecule has 0 bridgehead atoms. The summed E-state index contributed by atoms with van der Waals surface area (Å²) >= 11 is 0. The van der Waals surface area contributed by atoms with Crippen LogP contribution < -0.4 is 9.80 Å². The standard InChI is InChI=1S/C26H28N4O2/c1-17-8-10-22-19(14-17)6-4-12-29(22)25(31)21-16-24(28(3)27-21)26(32)30-13-5-7-20-15-18(2)9-11-23(20)30/h8-11,14-16H,4-7,12-13H2,1-3H3. The molecule has 32 heavy (non-hydrogen) atoms. The van der Waals surface area contributed by atoms with E-state index < -0.39 is 0 Å². The molecule has 3 aromatic rings. The Kier molecular flexibility index (Phi) is 5.08. The van der Waals surface area contributed by atoms with E-state index in [1.165, 1.54) is 26.9 Å². The highest BCUT2D eigenvalue weighted by Gasteiger charge is 2.30. The van der Waals surface area contributed by atoms with Crippen LogP contribution in [-0.4, -0.2) is 34.7 Å². The van der Waals surface area contributed by atoms with Crippen LogP contribution in [0.1, 0.15) is 56.1 Å². The van der Waals surface area contributed by atoms with Crippen LogP contribution in [0.4, 0.5) is 11.4 Å². The lowest BCUT2D eigenvalue weighted by Crippen LogP contribution is -2.36. The summed E-state index contributed by atoms with van der Waals surface area (Å²) in [4.78, 5) is 30.5. The first-order valence-electron chi connectivity index (χ1n) is 11.3. The average Bonchev–Trinajstić information content (AvgIpc) is 3.18. The second-order valence-corrected chi connectivity index (χ2v) is 8.92. The fraction of sp³-hybridized carbons (Fsp3) is 0.346. The zero-order valence-corrected chi connectivity index (χ0v) is 18.9. The largest absolute Gasteiger partial charge is 0.307 e. The monoisotopic (exact) mass is 428 g/mol. The summed E-state index contributed by atoms with van der Waals surface area (Å²) < 4.78 is 1.54. The molecule has 2 aliphatic heterocycles. The third kappa shape index (κ3) is 3.49. The van der Waals surface area contributed by atoms with Crippen molar-refractivity contribution in [1.82, 2.24) is 9.78 Å². The van der Waals surface area contributed by atoms with Crippen molar-refractivity contribution < 1.29 is 9.59 Å². The maximum Gasteiger partial charge on any atom is 0.278 e. The summed E-state index contributed by atoms with van der Waals surface area (Å²) in [6.07, 6.45) is 3.80. The van der Waals surface area contributed by atoms with Gasteiger partial charge in [-0.05, 0) is 62.8 Å². The normalized spacial score (nSPS) is 15.3. The van der Waals surface area contributed by atoms with Gasteiger partial charge in [-0.25, -0.2) is 0 Å². The van der Waals surface area contributed by atoms with Crippen LogP contribution in [0, 0.1) is 13.8 Å². The molecule has 164 valence electrons. The SMILES string of the molecule is Cc1ccc2c(c1)CCCN2C(=O)c1cc(C(=O)N2CCCc3cc(C)ccc32)n(C)n1. The maximum absolute atomic E-state index is 13.5. The maximum atomic E-state index is 13.5. The first-order chi connectivity index (χ1) is 15.4. The van der Waals surface area contributed by atoms with Gasteiger partial charge in [-0.15, -0.1) is 0 Å². The highest BCUT2D eigenvalue weighted by atomic mass is 16.2. The van der Waals surface area contributed by atoms with Gasteiger partial charge in [0.2, 0.25) is 0 Å². The number of aryl methyl sites for hydroxylation is 5. The lowest BCUT2D eigenvalue weighted by atomic mass is 9.99. The Morgan fingerprint density at radius 2 is 1.31 bits per heavy atom. The minimum atomic E-state index is -0.154. The number of carbonyl (C=O) groups excluding carboxylic acids is 2. The summed E-state index contributed by atoms with van der Waals surface area (Å²) in [6.45, 7) is 5.47. The van der Waals surface area contributed by atoms with E-state index in [1.807, 2.05) is 29.2 Å². The van der Waals surface area contributed by atoms with Gasteiger partial charge in [0.05, 0.1) is 0 Å². The van der Waals surface area contributed by atoms with Crippen LogP contribution >= 0.6 is 0 Å². The van der Waals surface area contributed by atoms with Crippen molar-refractivity contribution in [2.24, 2.45) is 7.05 Å². The van der Waals surface area contributed by atoms with E-state index in [9.17, 15) is 9.59 Å². The van der Waals surface area contributed by atoms with Crippen molar-refractivity contribution in [2.75, 3.05) is 22.9 Å². The third-order valence-electron chi connectivity index (χ3n) is 6.52. The van der Waals surface area contributed by atoms with Crippen molar-refractivity contribution in [3.05, 3.63) is 76.1 Å². The van der Waals surface area contributed by atoms with Crippen LogP contribution in [0.2, 0.25) is 0 Å². The molecule has 0 saturated carbocycles. The van der Waals surface area contributed by atoms with Crippen molar-refractivity contribution >= 4 is 23.2 Å². The van der Waals surface area contributed by atoms with Gasteiger partial charge in [0, 0.05) is 37.6 Å². The fourth-order valence-corrected chi connectivity index (χ4v) is 4.92. The quantitative estimate of drug-likeness (QED) is 0.614. The van der Waals surface area contributed by atoms with Crippen molar-refractivity contribution in [3.63, 3.8) is 0 Å². The molecule has 3 heterocycles. The number of hydrogen-bond donors (Lipinski definition) is 0. The topological polar surface area (TPSA) is 58.4 Å². The van der Waals surface area contributed by atoms with Crippen molar-refractivity contribution in [3.8, 4) is 0 Å². The molecule has 0 fully saturated rings. The van der Waals surface area contributed by atoms with Gasteiger partial charge in [0.1, 0.15) is 5.69 Å². The zero-order chi connectivity index (χ0) is 22.4. The summed E-state index contributed by atoms with van der Waals surface area (Å²) in [5.41, 5.74) is 7.44. The van der Waals surface area contributed by atoms with Gasteiger partial charge in [-0.3, -0.25) is 14.3 Å². The van der Waals surface area contributed by atoms with Crippen LogP contribution in [0.25, 0.3) is 0 Å². The Morgan fingerprint density at radius 3 is 1.88 bits per heavy atom. The smallest absolute Gasteiger partial charge is 0.278 e. The van der Waals surface area contributed by atoms with E-state index in [-0.39, 0.29) is 11.8 Å². The molecule has 6 nitrogen and oxygen atoms in total. The molecule has 5 rings (SSSR count). The second kappa shape index (κ2) is 7.93. The van der Waals surface area contributed by atoms with Crippen LogP contribution in [0.5, 0.6) is 0 Å². The first kappa shape index (κ1) is 20.5. The summed E-state index contributed by atoms with van der Waals surface area (Å²) in [5.74, 6) is -0.266. The van der Waals surface area contributed by atoms with Gasteiger partial charge >= 0.3 is 0 Å². The van der Waals surface area contributed by atoms with Crippen molar-refractivity contribution in [2.45, 2.75) is 39.5 Å². The molecule has 0 atom stereocenters. The fourth-order valence-electron chi connectivity index (χ4n) is 4.92. The Hall–Kier alpha value is -3.41. The van der Waals surface area contributed by atoms with E-state index in [0.717, 1.165) is 37.1 Å². The Labute approximate surface area is 188 Å². The average molecular weight is 429 g/mol. The predicted octanol–water partition coefficient (Wildman–Crippen LogP) is 4.22. The zero-order valence-electron chi connectivity index (χ0n) is 18.9. The summed E-state index contributed by atoms with van der Waals surface area (Å²) in [6, 6.07) is 14.1. The molecule has 1 aromatic heterocycles. The molecule has 6 heteroatoms. The van der Waals surface area contributed by atoms with Crippen LogP contribution in [0.3, 0.4) is 0 Å². The van der Waals surface area contributed by atoms with E-state index in [4.69, 9.17) is 0 Å². The van der Waals surface area contributed by atoms with E-state index in [0.29, 0.717) is 24.5 Å². The van der Waals surface area contributed by atoms with E-state index in [2.05, 4.69) is 31.1 Å². The van der Waals surface area contributed by atoms with Gasteiger partial charge in [0.25, 0.3) is 11.8 Å². The van der Waals surface area contributed by atoms with Gasteiger partial charge in [0.15, 0.2) is 5.69 Å². The highest BCUT2D eigenvalue weighted by molar-refractivity contribution is 6.09. The lowest BCUT2D eigenvalue weighted by molar-refractivity contribution is 0.0970. The molecule has 0 radical (unpaired) electrons. The van der Waals surface area contributed by atoms with Gasteiger partial charge in [-0.1, -0.05) is 35.4 Å². The number of benzene rings is 2. The summed E-state index contributed by atoms with van der Waals surface area (Å²) in [5, 5.41) is 4.44. The molecule has 0 aliphatic carbocycles. The second-order valence-electron chi connectivity index (χ2n) is 8.92. The number of aromatic nitrogens is 2. The third-order valence-corrected chi connectivity index (χ3v) is 6.52. The van der Waals surface area contributed by atoms with Crippen LogP contribution in [0.15, 0.2) is 42.5 Å². The van der Waals surface area contributed by atoms with E-state index >= 15 is 0 Å². The molecule has 2 aromatic carbocycles. The molecule has 0 spiro atoms. The van der Waals surface area contributed by atoms with Gasteiger partial charge in [-0.2, -0.15) is 5.10 Å². The molecular formula is C26H28N4O2. The molecule has 2 amide bonds. The number of hydrogen-bond acceptors (Lipinski definition) is 3. The molecule has 0 unspecified atom stereocenters. The van der Waals surface area contributed by atoms with Crippen molar-refractivity contribution in [1.29, 1.82) is 0 Å². The number of anilines is 2. The summed E-state index contributed by atoms with van der Waals surface area (Å²) in [7, 11) is 1.73. The number of amides is 2. The lowest BCUT2D eigenvalue weighted by Gasteiger charge is -2.29. The minimum Gasteiger partial charge on any atom is -0.307 e. The van der Waals surface area contributed by atoms with Crippen LogP contribution in [-0.2, 0) is 19.9 Å². The Morgan fingerprint density at radius 1 is 0.781 bits per heavy atom. The predicted molar refractivity (Wildman–Crippen MR) is 126 cm³/mol. The Bertz CT molecular complexity index is 1230. The number of nitrogens with zero attached hydrogens (tertiary/aromatic N) is 4. The highest BCUT2D eigenvalue weighted by Crippen LogP contribution is 2.31. The Balaban J connectivity index is 1.45. The number of fused-ring (bicyclic) bond motifs is 2. The molecule has 0 saturated heterocycles. The molecule has 0 N–H and O–H groups in total. The van der Waals surface area contributed by atoms with Gasteiger partial charge < -0.3 is 9.80 Å². The number of rotatable bonds is 2. The minimum absolute atomic E-state index is 0.112. The first-order valence-corrected chi connectivity index (χ1v) is 11.3.